The van der Waals surface area contributed by atoms with Gasteiger partial charge in [0, 0.05) is 12.4 Å². The second-order valence-corrected chi connectivity index (χ2v) is 7.05. The minimum atomic E-state index is -0.329. The Bertz CT molecular complexity index is 618. The van der Waals surface area contributed by atoms with Gasteiger partial charge in [-0.2, -0.15) is 4.98 Å². The molecule has 2 aromatic heterocycles. The molecule has 0 saturated heterocycles. The van der Waals surface area contributed by atoms with E-state index in [4.69, 9.17) is 10.5 Å². The van der Waals surface area contributed by atoms with Crippen LogP contribution in [0.3, 0.4) is 0 Å². The fourth-order valence-corrected chi connectivity index (χ4v) is 2.43. The monoisotopic (exact) mass is 306 g/mol. The fraction of sp³-hybridized carbons (Fsp3) is 0.467. The highest BCUT2D eigenvalue weighted by Gasteiger charge is 2.16. The first-order valence-corrected chi connectivity index (χ1v) is 7.70. The lowest BCUT2D eigenvalue weighted by Gasteiger charge is -2.23. The zero-order valence-corrected chi connectivity index (χ0v) is 14.0. The highest BCUT2D eigenvalue weighted by Crippen LogP contribution is 2.26. The summed E-state index contributed by atoms with van der Waals surface area (Å²) in [4.78, 5) is 11.0. The van der Waals surface area contributed by atoms with Gasteiger partial charge in [-0.15, -0.1) is 11.3 Å². The van der Waals surface area contributed by atoms with Gasteiger partial charge < -0.3 is 15.4 Å². The molecule has 0 saturated carbocycles. The molecule has 0 atom stereocenters. The lowest BCUT2D eigenvalue weighted by molar-refractivity contribution is 0.125. The molecule has 2 rings (SSSR count). The van der Waals surface area contributed by atoms with E-state index in [0.717, 1.165) is 16.5 Å². The van der Waals surface area contributed by atoms with E-state index < -0.39 is 0 Å². The van der Waals surface area contributed by atoms with Crippen molar-refractivity contribution in [3.8, 4) is 5.88 Å². The van der Waals surface area contributed by atoms with E-state index in [0.29, 0.717) is 18.1 Å². The Morgan fingerprint density at radius 3 is 2.57 bits per heavy atom. The predicted molar refractivity (Wildman–Crippen MR) is 88.0 cm³/mol. The highest BCUT2D eigenvalue weighted by atomic mass is 32.1. The molecule has 0 aliphatic heterocycles. The van der Waals surface area contributed by atoms with E-state index in [1.54, 1.807) is 11.3 Å². The molecule has 0 fully saturated rings. The Morgan fingerprint density at radius 2 is 2.00 bits per heavy atom. The van der Waals surface area contributed by atoms with E-state index in [-0.39, 0.29) is 5.60 Å². The normalized spacial score (nSPS) is 11.5. The molecule has 0 bridgehead atoms. The van der Waals surface area contributed by atoms with Gasteiger partial charge in [-0.1, -0.05) is 0 Å². The minimum absolute atomic E-state index is 0.329. The van der Waals surface area contributed by atoms with Crippen molar-refractivity contribution in [1.29, 1.82) is 0 Å². The van der Waals surface area contributed by atoms with E-state index >= 15 is 0 Å². The summed E-state index contributed by atoms with van der Waals surface area (Å²) in [7, 11) is 1.98. The van der Waals surface area contributed by atoms with Crippen LogP contribution in [0.1, 0.15) is 31.5 Å². The summed E-state index contributed by atoms with van der Waals surface area (Å²) in [6.45, 7) is 8.63. The van der Waals surface area contributed by atoms with Crippen molar-refractivity contribution in [2.24, 2.45) is 0 Å². The van der Waals surface area contributed by atoms with E-state index in [2.05, 4.69) is 15.3 Å². The van der Waals surface area contributed by atoms with Crippen LogP contribution in [0.2, 0.25) is 0 Å². The molecule has 6 heteroatoms. The maximum absolute atomic E-state index is 5.94. The predicted octanol–water partition coefficient (Wildman–Crippen LogP) is 3.24. The average molecular weight is 306 g/mol. The number of nitrogen functional groups attached to an aromatic ring is 1. The molecule has 0 amide bonds. The Morgan fingerprint density at radius 1 is 1.29 bits per heavy atom. The third-order valence-electron chi connectivity index (χ3n) is 2.73. The summed E-state index contributed by atoms with van der Waals surface area (Å²) in [6, 6.07) is 3.72. The van der Waals surface area contributed by atoms with Crippen LogP contribution in [-0.2, 0) is 6.54 Å². The van der Waals surface area contributed by atoms with Crippen molar-refractivity contribution in [2.45, 2.75) is 39.8 Å². The Hall–Kier alpha value is -1.82. The van der Waals surface area contributed by atoms with Gasteiger partial charge in [0.2, 0.25) is 5.88 Å². The number of anilines is 2. The molecule has 21 heavy (non-hydrogen) atoms. The maximum atomic E-state index is 5.94. The topological polar surface area (TPSA) is 64.3 Å². The smallest absolute Gasteiger partial charge is 0.239 e. The standard InChI is InChI=1S/C15H22N4OS/c1-10-17-11(9-21-10)8-19(5)13-7-6-12(16)14(18-13)20-15(2,3)4/h6-7,9H,8,16H2,1-5H3. The number of aryl methyl sites for hydroxylation is 1. The van der Waals surface area contributed by atoms with Gasteiger partial charge in [-0.05, 0) is 39.8 Å². The lowest BCUT2D eigenvalue weighted by atomic mass is 10.2. The summed E-state index contributed by atoms with van der Waals surface area (Å²) in [5, 5.41) is 3.14. The SMILES string of the molecule is Cc1nc(CN(C)c2ccc(N)c(OC(C)(C)C)n2)cs1. The van der Waals surface area contributed by atoms with E-state index in [9.17, 15) is 0 Å². The molecule has 0 aromatic carbocycles. The first-order chi connectivity index (χ1) is 9.74. The number of nitrogens with two attached hydrogens (primary N) is 1. The quantitative estimate of drug-likeness (QED) is 0.939. The summed E-state index contributed by atoms with van der Waals surface area (Å²) in [6.07, 6.45) is 0. The minimum Gasteiger partial charge on any atom is -0.470 e. The third kappa shape index (κ3) is 4.32. The van der Waals surface area contributed by atoms with Crippen LogP contribution >= 0.6 is 11.3 Å². The van der Waals surface area contributed by atoms with Gasteiger partial charge in [0.25, 0.3) is 0 Å². The number of aromatic nitrogens is 2. The van der Waals surface area contributed by atoms with Crippen molar-refractivity contribution < 1.29 is 4.74 Å². The molecule has 0 radical (unpaired) electrons. The van der Waals surface area contributed by atoms with Crippen LogP contribution in [0.25, 0.3) is 0 Å². The molecule has 0 aliphatic rings. The van der Waals surface area contributed by atoms with Crippen LogP contribution in [-0.4, -0.2) is 22.6 Å². The number of hydrogen-bond donors (Lipinski definition) is 1. The number of ether oxygens (including phenoxy) is 1. The number of nitrogens with zero attached hydrogens (tertiary/aromatic N) is 3. The zero-order valence-electron chi connectivity index (χ0n) is 13.2. The van der Waals surface area contributed by atoms with E-state index in [1.807, 2.05) is 51.8 Å². The van der Waals surface area contributed by atoms with Crippen LogP contribution in [0.4, 0.5) is 11.5 Å². The molecule has 2 aromatic rings. The van der Waals surface area contributed by atoms with Gasteiger partial charge in [-0.3, -0.25) is 0 Å². The van der Waals surface area contributed by atoms with Crippen LogP contribution in [0, 0.1) is 6.92 Å². The largest absolute Gasteiger partial charge is 0.470 e. The lowest BCUT2D eigenvalue weighted by Crippen LogP contribution is -2.25. The molecule has 114 valence electrons. The molecule has 0 aliphatic carbocycles. The van der Waals surface area contributed by atoms with Crippen LogP contribution in [0.5, 0.6) is 5.88 Å². The van der Waals surface area contributed by atoms with Gasteiger partial charge in [0.1, 0.15) is 11.4 Å². The number of pyridine rings is 1. The molecule has 5 nitrogen and oxygen atoms in total. The van der Waals surface area contributed by atoms with Gasteiger partial charge >= 0.3 is 0 Å². The summed E-state index contributed by atoms with van der Waals surface area (Å²) in [5.41, 5.74) is 7.19. The number of hydrogen-bond acceptors (Lipinski definition) is 6. The summed E-state index contributed by atoms with van der Waals surface area (Å²) < 4.78 is 5.80. The molecule has 2 heterocycles. The maximum Gasteiger partial charge on any atom is 0.239 e. The third-order valence-corrected chi connectivity index (χ3v) is 3.56. The molecular formula is C15H22N4OS. The average Bonchev–Trinajstić information content (AvgIpc) is 2.75. The first kappa shape index (κ1) is 15.6. The Labute approximate surface area is 129 Å². The van der Waals surface area contributed by atoms with Crippen molar-refractivity contribution in [3.05, 3.63) is 28.2 Å². The zero-order chi connectivity index (χ0) is 15.6. The fourth-order valence-electron chi connectivity index (χ4n) is 1.83. The second-order valence-electron chi connectivity index (χ2n) is 5.99. The number of thiazole rings is 1. The molecule has 2 N–H and O–H groups in total. The first-order valence-electron chi connectivity index (χ1n) is 6.82. The van der Waals surface area contributed by atoms with Gasteiger partial charge in [0.15, 0.2) is 0 Å². The van der Waals surface area contributed by atoms with E-state index in [1.165, 1.54) is 0 Å². The number of rotatable bonds is 4. The molecule has 0 unspecified atom stereocenters. The van der Waals surface area contributed by atoms with Crippen molar-refractivity contribution in [2.75, 3.05) is 17.7 Å². The Balaban J connectivity index is 2.17. The van der Waals surface area contributed by atoms with Gasteiger partial charge in [0.05, 0.1) is 22.9 Å². The summed E-state index contributed by atoms with van der Waals surface area (Å²) in [5.74, 6) is 1.29. The van der Waals surface area contributed by atoms with Crippen LogP contribution in [0.15, 0.2) is 17.5 Å². The second kappa shape index (κ2) is 5.89. The van der Waals surface area contributed by atoms with Crippen LogP contribution < -0.4 is 15.4 Å². The highest BCUT2D eigenvalue weighted by molar-refractivity contribution is 7.09. The Kier molecular flexibility index (Phi) is 4.37. The molecule has 0 spiro atoms. The van der Waals surface area contributed by atoms with Crippen molar-refractivity contribution >= 4 is 22.8 Å². The summed E-state index contributed by atoms with van der Waals surface area (Å²) >= 11 is 1.65. The van der Waals surface area contributed by atoms with Crippen molar-refractivity contribution in [3.63, 3.8) is 0 Å². The van der Waals surface area contributed by atoms with Crippen molar-refractivity contribution in [1.82, 2.24) is 9.97 Å². The van der Waals surface area contributed by atoms with Gasteiger partial charge in [-0.25, -0.2) is 4.98 Å². The molecular weight excluding hydrogens is 284 g/mol.